The van der Waals surface area contributed by atoms with E-state index in [-0.39, 0.29) is 5.38 Å². The summed E-state index contributed by atoms with van der Waals surface area (Å²) >= 11 is 6.20. The van der Waals surface area contributed by atoms with Crippen LogP contribution in [0.25, 0.3) is 0 Å². The maximum Gasteiger partial charge on any atom is 0.105 e. The van der Waals surface area contributed by atoms with Crippen molar-refractivity contribution in [2.45, 2.75) is 24.3 Å². The average Bonchev–Trinajstić information content (AvgIpc) is 2.83. The second-order valence-electron chi connectivity index (χ2n) is 6.79. The number of terminal acetylenes is 2. The molecule has 0 aliphatic rings. The van der Waals surface area contributed by atoms with Crippen LogP contribution in [0.15, 0.2) is 60.7 Å². The predicted octanol–water partition coefficient (Wildman–Crippen LogP) is 4.53. The van der Waals surface area contributed by atoms with Crippen molar-refractivity contribution in [3.63, 3.8) is 0 Å². The fraction of sp³-hybridized carbons (Fsp3) is 0.385. The van der Waals surface area contributed by atoms with Gasteiger partial charge < -0.3 is 0 Å². The summed E-state index contributed by atoms with van der Waals surface area (Å²) in [6, 6.07) is 18.8. The molecule has 2 rings (SSSR count). The van der Waals surface area contributed by atoms with Gasteiger partial charge >= 0.3 is 0 Å². The lowest BCUT2D eigenvalue weighted by molar-refractivity contribution is 0.220. The first-order chi connectivity index (χ1) is 16.0. The largest absolute Gasteiger partial charge is 0.294 e. The zero-order valence-corrected chi connectivity index (χ0v) is 18.3. The Bertz CT molecular complexity index is 929. The zero-order valence-electron chi connectivity index (χ0n) is 21.6. The summed E-state index contributed by atoms with van der Waals surface area (Å²) < 4.78 is 43.2. The van der Waals surface area contributed by atoms with Gasteiger partial charge in [0.1, 0.15) is 6.67 Å². The van der Waals surface area contributed by atoms with E-state index in [0.717, 1.165) is 11.1 Å². The van der Waals surface area contributed by atoms with E-state index in [9.17, 15) is 4.39 Å². The second-order valence-corrected chi connectivity index (χ2v) is 7.41. The normalized spacial score (nSPS) is 15.3. The Morgan fingerprint density at radius 1 is 0.933 bits per heavy atom. The minimum absolute atomic E-state index is 0.161. The minimum atomic E-state index is -1.93. The molecule has 160 valence electrons. The molecule has 0 aliphatic carbocycles. The SMILES string of the molecule is [2H]C([2H])(C#C)N(C)C(CF)Cc1ccccc1.[2H]C([2H])(C#C)N(C)CC(Cl)Cc1ccccc1. The molecule has 0 heterocycles. The molecule has 0 saturated carbocycles. The van der Waals surface area contributed by atoms with Gasteiger partial charge in [0.15, 0.2) is 0 Å². The van der Waals surface area contributed by atoms with Crippen LogP contribution in [0.5, 0.6) is 0 Å². The van der Waals surface area contributed by atoms with Crippen LogP contribution in [0.4, 0.5) is 4.39 Å². The highest BCUT2D eigenvalue weighted by molar-refractivity contribution is 6.20. The Hall–Kier alpha value is -2.30. The van der Waals surface area contributed by atoms with Crippen LogP contribution < -0.4 is 0 Å². The molecule has 4 heteroatoms. The predicted molar refractivity (Wildman–Crippen MR) is 127 cm³/mol. The van der Waals surface area contributed by atoms with Gasteiger partial charge in [0.25, 0.3) is 0 Å². The van der Waals surface area contributed by atoms with Gasteiger partial charge in [-0.25, -0.2) is 4.39 Å². The Kier molecular flexibility index (Phi) is 10.2. The van der Waals surface area contributed by atoms with Gasteiger partial charge in [-0.15, -0.1) is 24.4 Å². The van der Waals surface area contributed by atoms with E-state index in [0.29, 0.717) is 19.4 Å². The number of halogens is 2. The van der Waals surface area contributed by atoms with Crippen molar-refractivity contribution >= 4 is 11.6 Å². The molecular weight excluding hydrogens is 395 g/mol. The summed E-state index contributed by atoms with van der Waals surface area (Å²) in [7, 11) is 3.15. The Morgan fingerprint density at radius 2 is 1.43 bits per heavy atom. The number of benzene rings is 2. The van der Waals surface area contributed by atoms with Crippen LogP contribution in [0.2, 0.25) is 0 Å². The van der Waals surface area contributed by atoms with Crippen molar-refractivity contribution in [3.8, 4) is 24.7 Å². The third kappa shape index (κ3) is 11.0. The topological polar surface area (TPSA) is 6.48 Å². The fourth-order valence-corrected chi connectivity index (χ4v) is 3.15. The van der Waals surface area contributed by atoms with Crippen LogP contribution in [0.3, 0.4) is 0 Å². The number of rotatable bonds is 10. The van der Waals surface area contributed by atoms with Crippen molar-refractivity contribution < 1.29 is 9.87 Å². The smallest absolute Gasteiger partial charge is 0.105 e. The number of hydrogen-bond acceptors (Lipinski definition) is 2. The summed E-state index contributed by atoms with van der Waals surface area (Å²) in [5.41, 5.74) is 2.11. The Labute approximate surface area is 192 Å². The van der Waals surface area contributed by atoms with Crippen molar-refractivity contribution in [2.75, 3.05) is 40.3 Å². The molecule has 0 N–H and O–H groups in total. The van der Waals surface area contributed by atoms with Gasteiger partial charge in [-0.2, -0.15) is 0 Å². The van der Waals surface area contributed by atoms with Crippen LogP contribution in [-0.2, 0) is 12.8 Å². The maximum atomic E-state index is 13.0. The van der Waals surface area contributed by atoms with Crippen LogP contribution in [0.1, 0.15) is 16.6 Å². The lowest BCUT2D eigenvalue weighted by atomic mass is 10.1. The highest BCUT2D eigenvalue weighted by Crippen LogP contribution is 2.09. The number of alkyl halides is 2. The van der Waals surface area contributed by atoms with Crippen molar-refractivity contribution in [3.05, 3.63) is 71.8 Å². The minimum Gasteiger partial charge on any atom is -0.294 e. The molecule has 0 bridgehead atoms. The average molecular weight is 431 g/mol. The summed E-state index contributed by atoms with van der Waals surface area (Å²) in [6.07, 6.45) is 11.4. The van der Waals surface area contributed by atoms with Crippen molar-refractivity contribution in [1.29, 1.82) is 0 Å². The molecule has 0 amide bonds. The van der Waals surface area contributed by atoms with Gasteiger partial charge in [0, 0.05) is 12.6 Å². The summed E-state index contributed by atoms with van der Waals surface area (Å²) in [5.74, 6) is 4.15. The molecule has 2 atom stereocenters. The second kappa shape index (κ2) is 15.5. The van der Waals surface area contributed by atoms with Crippen LogP contribution >= 0.6 is 11.6 Å². The van der Waals surface area contributed by atoms with Gasteiger partial charge in [0.05, 0.1) is 23.9 Å². The quantitative estimate of drug-likeness (QED) is 0.403. The van der Waals surface area contributed by atoms with Gasteiger partial charge in [-0.1, -0.05) is 72.5 Å². The third-order valence-corrected chi connectivity index (χ3v) is 4.60. The molecule has 2 unspecified atom stereocenters. The Balaban J connectivity index is 0.000000340. The number of hydrogen-bond donors (Lipinski definition) is 0. The molecule has 2 nitrogen and oxygen atoms in total. The summed E-state index contributed by atoms with van der Waals surface area (Å²) in [5, 5.41) is -0.161. The van der Waals surface area contributed by atoms with Crippen LogP contribution in [0, 0.1) is 24.7 Å². The molecule has 0 aliphatic heterocycles. The molecule has 0 fully saturated rings. The molecule has 0 radical (unpaired) electrons. The number of nitrogens with zero attached hydrogens (tertiary/aromatic N) is 2. The lowest BCUT2D eigenvalue weighted by Crippen LogP contribution is -2.35. The number of likely N-dealkylation sites (N-methyl/N-ethyl adjacent to an activating group) is 1. The fourth-order valence-electron chi connectivity index (χ4n) is 2.76. The first-order valence-electron chi connectivity index (χ1n) is 11.6. The lowest BCUT2D eigenvalue weighted by Gasteiger charge is -2.23. The zero-order chi connectivity index (χ0) is 25.8. The highest BCUT2D eigenvalue weighted by Gasteiger charge is 2.14. The van der Waals surface area contributed by atoms with Crippen molar-refractivity contribution in [1.82, 2.24) is 9.80 Å². The standard InChI is InChI=1S/C13H16ClN.C13H16FN/c1-3-9-15(2)11-13(14)10-12-7-5-4-6-8-12;1-3-9-15(2)13(11-14)10-12-7-5-4-6-8-12/h2*1,4-8,13H,9-11H2,2H3/i2*9D2. The molecule has 2 aromatic rings. The van der Waals surface area contributed by atoms with Gasteiger partial charge in [0.2, 0.25) is 0 Å². The van der Waals surface area contributed by atoms with E-state index in [1.54, 1.807) is 7.05 Å². The first-order valence-corrected chi connectivity index (χ1v) is 10.1. The van der Waals surface area contributed by atoms with E-state index < -0.39 is 25.7 Å². The summed E-state index contributed by atoms with van der Waals surface area (Å²) in [6.45, 7) is -3.89. The van der Waals surface area contributed by atoms with E-state index in [1.807, 2.05) is 66.6 Å². The molecule has 30 heavy (non-hydrogen) atoms. The molecule has 0 spiro atoms. The molecular formula is C26H32ClFN2. The monoisotopic (exact) mass is 430 g/mol. The molecule has 0 aromatic heterocycles. The first kappa shape index (κ1) is 19.7. The molecule has 2 aromatic carbocycles. The third-order valence-electron chi connectivity index (χ3n) is 4.31. The van der Waals surface area contributed by atoms with E-state index in [1.165, 1.54) is 16.8 Å². The van der Waals surface area contributed by atoms with Crippen molar-refractivity contribution in [2.24, 2.45) is 0 Å². The van der Waals surface area contributed by atoms with E-state index in [2.05, 4.69) is 5.92 Å². The molecule has 0 saturated heterocycles. The summed E-state index contributed by atoms with van der Waals surface area (Å²) in [4.78, 5) is 2.72. The van der Waals surface area contributed by atoms with Crippen LogP contribution in [-0.4, -0.2) is 61.5 Å². The Morgan fingerprint density at radius 3 is 1.90 bits per heavy atom. The van der Waals surface area contributed by atoms with E-state index >= 15 is 0 Å². The van der Waals surface area contributed by atoms with E-state index in [4.69, 9.17) is 29.9 Å². The highest BCUT2D eigenvalue weighted by atomic mass is 35.5. The van der Waals surface area contributed by atoms with Gasteiger partial charge in [-0.3, -0.25) is 9.80 Å². The maximum absolute atomic E-state index is 13.0. The van der Waals surface area contributed by atoms with Gasteiger partial charge in [-0.05, 0) is 38.1 Å².